The van der Waals surface area contributed by atoms with Crippen LogP contribution in [-0.4, -0.2) is 30.9 Å². The van der Waals surface area contributed by atoms with Gasteiger partial charge >= 0.3 is 5.97 Å². The second kappa shape index (κ2) is 9.60. The molecule has 1 unspecified atom stereocenters. The van der Waals surface area contributed by atoms with Gasteiger partial charge in [0.15, 0.2) is 4.80 Å². The fourth-order valence-electron chi connectivity index (χ4n) is 3.86. The first-order valence-electron chi connectivity index (χ1n) is 10.7. The normalized spacial score (nSPS) is 15.9. The summed E-state index contributed by atoms with van der Waals surface area (Å²) in [5.41, 5.74) is 2.28. The summed E-state index contributed by atoms with van der Waals surface area (Å²) in [7, 11) is 3.12. The van der Waals surface area contributed by atoms with Crippen molar-refractivity contribution >= 4 is 34.7 Å². The van der Waals surface area contributed by atoms with E-state index >= 15 is 0 Å². The molecule has 0 spiro atoms. The van der Waals surface area contributed by atoms with Crippen molar-refractivity contribution in [2.45, 2.75) is 39.8 Å². The maximum atomic E-state index is 13.7. The number of thiophene rings is 1. The molecule has 0 radical (unpaired) electrons. The highest BCUT2D eigenvalue weighted by Crippen LogP contribution is 2.38. The summed E-state index contributed by atoms with van der Waals surface area (Å²) in [6.07, 6.45) is 1.56. The van der Waals surface area contributed by atoms with Crippen LogP contribution in [0.1, 0.15) is 42.8 Å². The van der Waals surface area contributed by atoms with Gasteiger partial charge in [-0.1, -0.05) is 11.3 Å². The third kappa shape index (κ3) is 4.33. The Morgan fingerprint density at radius 2 is 1.94 bits per heavy atom. The number of ether oxygens (including phenoxy) is 3. The number of methoxy groups -OCH3 is 2. The lowest BCUT2D eigenvalue weighted by Gasteiger charge is -2.26. The molecule has 3 aromatic rings. The lowest BCUT2D eigenvalue weighted by Crippen LogP contribution is -2.40. The first kappa shape index (κ1) is 24.0. The summed E-state index contributed by atoms with van der Waals surface area (Å²) in [5, 5.41) is 1.99. The van der Waals surface area contributed by atoms with Crippen LogP contribution in [-0.2, 0) is 9.53 Å². The van der Waals surface area contributed by atoms with Crippen LogP contribution in [0.25, 0.3) is 6.08 Å². The molecule has 0 saturated carbocycles. The van der Waals surface area contributed by atoms with Crippen molar-refractivity contribution in [3.05, 3.63) is 76.6 Å². The van der Waals surface area contributed by atoms with Crippen molar-refractivity contribution in [1.82, 2.24) is 4.57 Å². The quantitative estimate of drug-likeness (QED) is 0.486. The summed E-state index contributed by atoms with van der Waals surface area (Å²) in [6.45, 7) is 7.34. The number of nitrogens with zero attached hydrogens (tertiary/aromatic N) is 2. The Kier molecular flexibility index (Phi) is 6.77. The molecule has 178 valence electrons. The second-order valence-electron chi connectivity index (χ2n) is 8.11. The van der Waals surface area contributed by atoms with Crippen molar-refractivity contribution in [3.63, 3.8) is 0 Å². The number of fused-ring (bicyclic) bond motifs is 1. The molecule has 0 fully saturated rings. The first-order chi connectivity index (χ1) is 16.2. The third-order valence-electron chi connectivity index (χ3n) is 5.48. The van der Waals surface area contributed by atoms with Gasteiger partial charge in [0.2, 0.25) is 0 Å². The molecule has 1 aliphatic rings. The highest BCUT2D eigenvalue weighted by molar-refractivity contribution is 7.11. The number of carbonyl (C=O) groups is 1. The van der Waals surface area contributed by atoms with E-state index in [1.807, 2.05) is 24.4 Å². The van der Waals surface area contributed by atoms with Crippen LogP contribution >= 0.6 is 22.7 Å². The first-order valence-corrected chi connectivity index (χ1v) is 12.4. The van der Waals surface area contributed by atoms with Crippen LogP contribution in [0.15, 0.2) is 50.7 Å². The number of aromatic nitrogens is 1. The van der Waals surface area contributed by atoms with E-state index in [1.165, 1.54) is 11.3 Å². The predicted molar refractivity (Wildman–Crippen MR) is 134 cm³/mol. The van der Waals surface area contributed by atoms with E-state index in [0.717, 1.165) is 10.4 Å². The summed E-state index contributed by atoms with van der Waals surface area (Å²) in [4.78, 5) is 33.1. The van der Waals surface area contributed by atoms with Crippen LogP contribution in [0.3, 0.4) is 0 Å². The van der Waals surface area contributed by atoms with Gasteiger partial charge in [0.1, 0.15) is 17.5 Å². The Hall–Kier alpha value is -3.17. The molecule has 1 atom stereocenters. The van der Waals surface area contributed by atoms with Gasteiger partial charge in [-0.3, -0.25) is 9.36 Å². The molecular weight excluding hydrogens is 472 g/mol. The molecule has 0 N–H and O–H groups in total. The van der Waals surface area contributed by atoms with E-state index in [4.69, 9.17) is 14.2 Å². The fourth-order valence-corrected chi connectivity index (χ4v) is 5.82. The highest BCUT2D eigenvalue weighted by Gasteiger charge is 2.35. The van der Waals surface area contributed by atoms with Gasteiger partial charge in [0.25, 0.3) is 5.56 Å². The third-order valence-corrected chi connectivity index (χ3v) is 7.43. The summed E-state index contributed by atoms with van der Waals surface area (Å²) in [6, 6.07) is 6.56. The van der Waals surface area contributed by atoms with Crippen molar-refractivity contribution in [1.29, 1.82) is 0 Å². The highest BCUT2D eigenvalue weighted by atomic mass is 32.1. The van der Waals surface area contributed by atoms with E-state index in [-0.39, 0.29) is 11.7 Å². The van der Waals surface area contributed by atoms with Gasteiger partial charge in [-0.2, -0.15) is 0 Å². The summed E-state index contributed by atoms with van der Waals surface area (Å²) >= 11 is 2.87. The van der Waals surface area contributed by atoms with E-state index in [0.29, 0.717) is 37.7 Å². The van der Waals surface area contributed by atoms with Crippen LogP contribution in [0.5, 0.6) is 11.5 Å². The standard InChI is InChI=1S/C25H26N2O5S2/c1-13(2)32-24(29)21-15(4)26-25-27(22(21)17-11-16(30-5)7-8-18(17)31-6)23(28)20(34-25)12-19-14(3)9-10-33-19/h7-13,22H,1-6H3/b20-12+. The molecule has 2 aromatic heterocycles. The monoisotopic (exact) mass is 498 g/mol. The van der Waals surface area contributed by atoms with Crippen LogP contribution < -0.4 is 24.4 Å². The maximum Gasteiger partial charge on any atom is 0.338 e. The molecule has 7 nitrogen and oxygen atoms in total. The number of hydrogen-bond acceptors (Lipinski definition) is 8. The van der Waals surface area contributed by atoms with Gasteiger partial charge in [-0.25, -0.2) is 9.79 Å². The van der Waals surface area contributed by atoms with Crippen molar-refractivity contribution in [2.75, 3.05) is 14.2 Å². The number of esters is 1. The topological polar surface area (TPSA) is 79.1 Å². The zero-order chi connectivity index (χ0) is 24.6. The molecule has 4 rings (SSSR count). The SMILES string of the molecule is COc1ccc(OC)c(C2C(C(=O)OC(C)C)=C(C)N=c3s/c(=C/c4sccc4C)c(=O)n32)c1. The van der Waals surface area contributed by atoms with Gasteiger partial charge < -0.3 is 14.2 Å². The number of allylic oxidation sites excluding steroid dienone is 1. The Balaban J connectivity index is 2.03. The number of rotatable bonds is 6. The summed E-state index contributed by atoms with van der Waals surface area (Å²) < 4.78 is 18.7. The molecule has 0 aliphatic carbocycles. The number of aryl methyl sites for hydroxylation is 1. The minimum Gasteiger partial charge on any atom is -0.497 e. The van der Waals surface area contributed by atoms with E-state index in [1.54, 1.807) is 69.1 Å². The van der Waals surface area contributed by atoms with Crippen molar-refractivity contribution in [3.8, 4) is 11.5 Å². The van der Waals surface area contributed by atoms with E-state index in [2.05, 4.69) is 4.99 Å². The average Bonchev–Trinajstić information content (AvgIpc) is 3.34. The minimum atomic E-state index is -0.779. The number of benzene rings is 1. The van der Waals surface area contributed by atoms with Gasteiger partial charge in [0.05, 0.1) is 36.1 Å². The zero-order valence-electron chi connectivity index (χ0n) is 19.9. The minimum absolute atomic E-state index is 0.228. The maximum absolute atomic E-state index is 13.7. The average molecular weight is 499 g/mol. The van der Waals surface area contributed by atoms with Gasteiger partial charge in [-0.15, -0.1) is 11.3 Å². The number of hydrogen-bond donors (Lipinski definition) is 0. The fraction of sp³-hybridized carbons (Fsp3) is 0.320. The molecule has 0 amide bonds. The van der Waals surface area contributed by atoms with Crippen molar-refractivity contribution < 1.29 is 19.0 Å². The van der Waals surface area contributed by atoms with Gasteiger partial charge in [0, 0.05) is 10.4 Å². The predicted octanol–water partition coefficient (Wildman–Crippen LogP) is 3.57. The summed E-state index contributed by atoms with van der Waals surface area (Å²) in [5.74, 6) is 0.590. The largest absolute Gasteiger partial charge is 0.497 e. The molecular formula is C25H26N2O5S2. The Bertz CT molecular complexity index is 1460. The Labute approximate surface area is 205 Å². The van der Waals surface area contributed by atoms with Crippen molar-refractivity contribution in [2.24, 2.45) is 4.99 Å². The van der Waals surface area contributed by atoms with E-state index < -0.39 is 12.0 Å². The Morgan fingerprint density at radius 1 is 1.18 bits per heavy atom. The van der Waals surface area contributed by atoms with Crippen LogP contribution in [0.4, 0.5) is 0 Å². The van der Waals surface area contributed by atoms with Crippen LogP contribution in [0, 0.1) is 6.92 Å². The lowest BCUT2D eigenvalue weighted by molar-refractivity contribution is -0.143. The lowest BCUT2D eigenvalue weighted by atomic mass is 9.94. The molecule has 1 aromatic carbocycles. The Morgan fingerprint density at radius 3 is 2.56 bits per heavy atom. The molecule has 34 heavy (non-hydrogen) atoms. The number of carbonyl (C=O) groups excluding carboxylic acids is 1. The van der Waals surface area contributed by atoms with E-state index in [9.17, 15) is 9.59 Å². The molecule has 0 saturated heterocycles. The second-order valence-corrected chi connectivity index (χ2v) is 10.1. The van der Waals surface area contributed by atoms with Gasteiger partial charge in [-0.05, 0) is 69.0 Å². The van der Waals surface area contributed by atoms with Crippen LogP contribution in [0.2, 0.25) is 0 Å². The zero-order valence-corrected chi connectivity index (χ0v) is 21.5. The molecule has 1 aliphatic heterocycles. The molecule has 3 heterocycles. The smallest absolute Gasteiger partial charge is 0.338 e. The number of thiazole rings is 1. The molecule has 0 bridgehead atoms. The molecule has 9 heteroatoms.